The zero-order valence-corrected chi connectivity index (χ0v) is 4.91. The number of hydrogen-bond donors (Lipinski definition) is 0. The minimum atomic E-state index is -4.71. The fraction of sp³-hybridized carbons (Fsp3) is 0.750. The van der Waals surface area contributed by atoms with Crippen molar-refractivity contribution in [1.29, 1.82) is 0 Å². The summed E-state index contributed by atoms with van der Waals surface area (Å²) in [7, 11) is 0. The molecule has 0 N–H and O–H groups in total. The molecule has 0 aromatic carbocycles. The Hall–Kier alpha value is -0.810. The van der Waals surface area contributed by atoms with Crippen molar-refractivity contribution in [1.82, 2.24) is 0 Å². The summed E-state index contributed by atoms with van der Waals surface area (Å²) in [5.41, 5.74) is 0. The van der Waals surface area contributed by atoms with Gasteiger partial charge in [-0.3, -0.25) is 4.79 Å². The normalized spacial score (nSPS) is 12.9. The first-order valence-corrected chi connectivity index (χ1v) is 2.18. The summed E-state index contributed by atoms with van der Waals surface area (Å²) in [4.78, 5) is 9.23. The van der Waals surface area contributed by atoms with Gasteiger partial charge in [-0.2, -0.15) is 17.6 Å². The molecular formula is C4H4F4O2. The van der Waals surface area contributed by atoms with Gasteiger partial charge in [0.25, 0.3) is 6.47 Å². The van der Waals surface area contributed by atoms with Crippen LogP contribution in [-0.4, -0.2) is 18.5 Å². The number of carbonyl (C=O) groups excluding carboxylic acids is 1. The molecule has 2 nitrogen and oxygen atoms in total. The molecule has 0 radical (unpaired) electrons. The molecule has 0 saturated heterocycles. The Morgan fingerprint density at radius 3 is 1.80 bits per heavy atom. The van der Waals surface area contributed by atoms with Gasteiger partial charge >= 0.3 is 12.0 Å². The third-order valence-corrected chi connectivity index (χ3v) is 0.707. The molecule has 10 heavy (non-hydrogen) atoms. The second-order valence-electron chi connectivity index (χ2n) is 1.62. The molecule has 0 heterocycles. The minimum Gasteiger partial charge on any atom is -0.399 e. The van der Waals surface area contributed by atoms with E-state index in [0.717, 1.165) is 0 Å². The second-order valence-corrected chi connectivity index (χ2v) is 1.62. The number of carbonyl (C=O) groups is 1. The van der Waals surface area contributed by atoms with Crippen LogP contribution in [0.15, 0.2) is 0 Å². The first-order valence-electron chi connectivity index (χ1n) is 2.18. The molecule has 0 aliphatic carbocycles. The third kappa shape index (κ3) is 1.85. The van der Waals surface area contributed by atoms with Crippen LogP contribution in [0.2, 0.25) is 0 Å². The van der Waals surface area contributed by atoms with Crippen molar-refractivity contribution in [3.05, 3.63) is 0 Å². The summed E-state index contributed by atoms with van der Waals surface area (Å²) in [5.74, 6) is -4.34. The number of halogens is 4. The van der Waals surface area contributed by atoms with Gasteiger partial charge in [0.05, 0.1) is 0 Å². The highest BCUT2D eigenvalue weighted by Gasteiger charge is 2.55. The topological polar surface area (TPSA) is 26.3 Å². The Balaban J connectivity index is 4.23. The Labute approximate surface area is 53.8 Å². The number of ether oxygens (including phenoxy) is 1. The van der Waals surface area contributed by atoms with Crippen molar-refractivity contribution in [3.63, 3.8) is 0 Å². The van der Waals surface area contributed by atoms with Gasteiger partial charge in [0, 0.05) is 6.92 Å². The zero-order valence-electron chi connectivity index (χ0n) is 4.91. The van der Waals surface area contributed by atoms with Crippen molar-refractivity contribution >= 4 is 6.47 Å². The summed E-state index contributed by atoms with van der Waals surface area (Å²) >= 11 is 0. The second kappa shape index (κ2) is 2.43. The van der Waals surface area contributed by atoms with E-state index in [-0.39, 0.29) is 6.92 Å². The molecule has 0 aliphatic rings. The zero-order chi connectivity index (χ0) is 8.41. The number of alkyl halides is 4. The van der Waals surface area contributed by atoms with Gasteiger partial charge in [0.1, 0.15) is 0 Å². The van der Waals surface area contributed by atoms with E-state index >= 15 is 0 Å². The van der Waals surface area contributed by atoms with E-state index in [2.05, 4.69) is 4.74 Å². The molecule has 0 rings (SSSR count). The van der Waals surface area contributed by atoms with Gasteiger partial charge in [-0.25, -0.2) is 0 Å². The summed E-state index contributed by atoms with van der Waals surface area (Å²) in [6, 6.07) is 0. The third-order valence-electron chi connectivity index (χ3n) is 0.707. The summed E-state index contributed by atoms with van der Waals surface area (Å²) in [6.07, 6.45) is -4.71. The predicted molar refractivity (Wildman–Crippen MR) is 22.7 cm³/mol. The highest BCUT2D eigenvalue weighted by atomic mass is 19.3. The lowest BCUT2D eigenvalue weighted by Gasteiger charge is -2.19. The predicted octanol–water partition coefficient (Wildman–Crippen LogP) is 1.41. The quantitative estimate of drug-likeness (QED) is 0.460. The maximum atomic E-state index is 11.7. The van der Waals surface area contributed by atoms with E-state index in [9.17, 15) is 22.4 Å². The molecule has 0 aromatic heterocycles. The molecule has 0 fully saturated rings. The van der Waals surface area contributed by atoms with Gasteiger partial charge in [-0.05, 0) is 0 Å². The van der Waals surface area contributed by atoms with Crippen LogP contribution >= 0.6 is 0 Å². The lowest BCUT2D eigenvalue weighted by molar-refractivity contribution is -0.318. The molecule has 0 spiro atoms. The van der Waals surface area contributed by atoms with Crippen LogP contribution in [0.1, 0.15) is 6.92 Å². The molecule has 0 aliphatic heterocycles. The van der Waals surface area contributed by atoms with Crippen molar-refractivity contribution in [2.75, 3.05) is 0 Å². The van der Waals surface area contributed by atoms with Crippen LogP contribution < -0.4 is 0 Å². The summed E-state index contributed by atoms with van der Waals surface area (Å²) in [5, 5.41) is 0. The van der Waals surface area contributed by atoms with Gasteiger partial charge < -0.3 is 4.74 Å². The van der Waals surface area contributed by atoms with Crippen LogP contribution in [-0.2, 0) is 9.53 Å². The van der Waals surface area contributed by atoms with E-state index in [1.807, 2.05) is 0 Å². The van der Waals surface area contributed by atoms with Crippen molar-refractivity contribution in [2.24, 2.45) is 0 Å². The summed E-state index contributed by atoms with van der Waals surface area (Å²) in [6.45, 7) is -0.770. The SMILES string of the molecule is CC(F)(F)C(F)(F)OC=O. The largest absolute Gasteiger partial charge is 0.465 e. The molecule has 0 unspecified atom stereocenters. The van der Waals surface area contributed by atoms with Gasteiger partial charge in [-0.1, -0.05) is 0 Å². The van der Waals surface area contributed by atoms with E-state index < -0.39 is 18.5 Å². The van der Waals surface area contributed by atoms with Gasteiger partial charge in [0.2, 0.25) is 0 Å². The van der Waals surface area contributed by atoms with Crippen molar-refractivity contribution < 1.29 is 27.1 Å². The van der Waals surface area contributed by atoms with E-state index in [4.69, 9.17) is 0 Å². The number of rotatable bonds is 3. The fourth-order valence-corrected chi connectivity index (χ4v) is 0.164. The lowest BCUT2D eigenvalue weighted by Crippen LogP contribution is -2.39. The molecule has 0 amide bonds. The first-order chi connectivity index (χ1) is 4.31. The smallest absolute Gasteiger partial charge is 0.399 e. The highest BCUT2D eigenvalue weighted by molar-refractivity contribution is 5.37. The van der Waals surface area contributed by atoms with Crippen LogP contribution in [0.25, 0.3) is 0 Å². The lowest BCUT2D eigenvalue weighted by atomic mass is 10.4. The van der Waals surface area contributed by atoms with Crippen LogP contribution in [0, 0.1) is 0 Å². The highest BCUT2D eigenvalue weighted by Crippen LogP contribution is 2.33. The standard InChI is InChI=1S/C4H4F4O2/c1-3(5,6)4(7,8)10-2-9/h2H,1H3. The average molecular weight is 160 g/mol. The van der Waals surface area contributed by atoms with Crippen LogP contribution in [0.4, 0.5) is 17.6 Å². The van der Waals surface area contributed by atoms with Gasteiger partial charge in [-0.15, -0.1) is 0 Å². The average Bonchev–Trinajstić information content (AvgIpc) is 1.61. The van der Waals surface area contributed by atoms with E-state index in [1.54, 1.807) is 0 Å². The molecule has 6 heteroatoms. The maximum Gasteiger partial charge on any atom is 0.465 e. The van der Waals surface area contributed by atoms with Crippen LogP contribution in [0.5, 0.6) is 0 Å². The minimum absolute atomic E-state index is 0.0451. The van der Waals surface area contributed by atoms with Gasteiger partial charge in [0.15, 0.2) is 0 Å². The first kappa shape index (κ1) is 9.19. The monoisotopic (exact) mass is 160 g/mol. The van der Waals surface area contributed by atoms with E-state index in [0.29, 0.717) is 0 Å². The molecule has 0 bridgehead atoms. The van der Waals surface area contributed by atoms with Crippen molar-refractivity contribution in [2.45, 2.75) is 19.0 Å². The van der Waals surface area contributed by atoms with Crippen molar-refractivity contribution in [3.8, 4) is 0 Å². The maximum absolute atomic E-state index is 11.7. The Bertz CT molecular complexity index is 128. The number of hydrogen-bond acceptors (Lipinski definition) is 2. The van der Waals surface area contributed by atoms with E-state index in [1.165, 1.54) is 0 Å². The molecular weight excluding hydrogens is 156 g/mol. The fourth-order valence-electron chi connectivity index (χ4n) is 0.164. The Morgan fingerprint density at radius 1 is 1.30 bits per heavy atom. The molecule has 0 atom stereocenters. The molecule has 0 aromatic rings. The molecule has 60 valence electrons. The Kier molecular flexibility index (Phi) is 2.24. The molecule has 0 saturated carbocycles. The summed E-state index contributed by atoms with van der Waals surface area (Å²) < 4.78 is 49.6. The Morgan fingerprint density at radius 2 is 1.70 bits per heavy atom. The van der Waals surface area contributed by atoms with Crippen LogP contribution in [0.3, 0.4) is 0 Å².